The van der Waals surface area contributed by atoms with Gasteiger partial charge in [0.25, 0.3) is 0 Å². The van der Waals surface area contributed by atoms with Gasteiger partial charge >= 0.3 is 0 Å². The molecule has 2 aromatic rings. The number of carbonyl (C=O) groups is 1. The minimum absolute atomic E-state index is 0.227. The highest BCUT2D eigenvalue weighted by atomic mass is 32.2. The summed E-state index contributed by atoms with van der Waals surface area (Å²) in [6, 6.07) is 4.22. The Labute approximate surface area is 135 Å². The molecule has 1 amide bonds. The van der Waals surface area contributed by atoms with Gasteiger partial charge in [-0.05, 0) is 55.9 Å². The molecular weight excluding hydrogens is 294 g/mol. The summed E-state index contributed by atoms with van der Waals surface area (Å²) in [5.41, 5.74) is 4.52. The second-order valence-corrected chi connectivity index (χ2v) is 7.31. The van der Waals surface area contributed by atoms with Crippen LogP contribution in [0.3, 0.4) is 0 Å². The van der Waals surface area contributed by atoms with Crippen molar-refractivity contribution in [2.24, 2.45) is 5.92 Å². The number of hydrogen-bond acceptors (Lipinski definition) is 3. The number of imidazole rings is 1. The van der Waals surface area contributed by atoms with E-state index in [0.29, 0.717) is 5.75 Å². The normalized spacial score (nSPS) is 16.4. The van der Waals surface area contributed by atoms with Gasteiger partial charge in [0.1, 0.15) is 0 Å². The number of thioether (sulfide) groups is 1. The monoisotopic (exact) mass is 317 g/mol. The maximum absolute atomic E-state index is 12.3. The van der Waals surface area contributed by atoms with E-state index in [-0.39, 0.29) is 5.91 Å². The van der Waals surface area contributed by atoms with E-state index in [1.54, 1.807) is 0 Å². The van der Waals surface area contributed by atoms with Crippen molar-refractivity contribution in [3.63, 3.8) is 0 Å². The topological polar surface area (TPSA) is 49.0 Å². The SMILES string of the molecule is Cc1cc2nc(SCC(=O)N3CCC(C)CC3)[nH]c2cc1C. The maximum atomic E-state index is 12.3. The molecule has 1 aliphatic rings. The average Bonchev–Trinajstić information content (AvgIpc) is 2.88. The molecule has 118 valence electrons. The number of likely N-dealkylation sites (tertiary alicyclic amines) is 1. The quantitative estimate of drug-likeness (QED) is 0.881. The molecule has 5 heteroatoms. The predicted molar refractivity (Wildman–Crippen MR) is 91.3 cm³/mol. The van der Waals surface area contributed by atoms with E-state index in [1.807, 2.05) is 4.90 Å². The summed E-state index contributed by atoms with van der Waals surface area (Å²) < 4.78 is 0. The van der Waals surface area contributed by atoms with Crippen molar-refractivity contribution in [1.29, 1.82) is 0 Å². The standard InChI is InChI=1S/C17H23N3OS/c1-11-4-6-20(7-5-11)16(21)10-22-17-18-14-8-12(2)13(3)9-15(14)19-17/h8-9,11H,4-7,10H2,1-3H3,(H,18,19). The van der Waals surface area contributed by atoms with Gasteiger partial charge in [0.15, 0.2) is 5.16 Å². The van der Waals surface area contributed by atoms with E-state index in [0.717, 1.165) is 48.0 Å². The number of fused-ring (bicyclic) bond motifs is 1. The zero-order valence-corrected chi connectivity index (χ0v) is 14.3. The molecule has 1 aromatic carbocycles. The van der Waals surface area contributed by atoms with Crippen LogP contribution in [0.4, 0.5) is 0 Å². The van der Waals surface area contributed by atoms with E-state index in [9.17, 15) is 4.79 Å². The van der Waals surface area contributed by atoms with Gasteiger partial charge in [-0.15, -0.1) is 0 Å². The van der Waals surface area contributed by atoms with Crippen LogP contribution in [-0.2, 0) is 4.79 Å². The average molecular weight is 317 g/mol. The van der Waals surface area contributed by atoms with Crippen molar-refractivity contribution in [3.8, 4) is 0 Å². The fraction of sp³-hybridized carbons (Fsp3) is 0.529. The molecule has 0 bridgehead atoms. The summed E-state index contributed by atoms with van der Waals surface area (Å²) in [7, 11) is 0. The number of rotatable bonds is 3. The maximum Gasteiger partial charge on any atom is 0.233 e. The molecule has 0 spiro atoms. The molecule has 3 rings (SSSR count). The van der Waals surface area contributed by atoms with Crippen molar-refractivity contribution in [2.75, 3.05) is 18.8 Å². The first-order valence-corrected chi connectivity index (χ1v) is 8.89. The lowest BCUT2D eigenvalue weighted by Gasteiger charge is -2.30. The summed E-state index contributed by atoms with van der Waals surface area (Å²) in [5.74, 6) is 1.44. The summed E-state index contributed by atoms with van der Waals surface area (Å²) in [6.45, 7) is 8.26. The Bertz CT molecular complexity index is 648. The summed E-state index contributed by atoms with van der Waals surface area (Å²) in [5, 5.41) is 0.832. The zero-order chi connectivity index (χ0) is 15.7. The van der Waals surface area contributed by atoms with E-state index < -0.39 is 0 Å². The Morgan fingerprint density at radius 1 is 1.32 bits per heavy atom. The van der Waals surface area contributed by atoms with Gasteiger partial charge in [0.05, 0.1) is 16.8 Å². The molecule has 4 nitrogen and oxygen atoms in total. The van der Waals surface area contributed by atoms with Gasteiger partial charge in [0.2, 0.25) is 5.91 Å². The predicted octanol–water partition coefficient (Wildman–Crippen LogP) is 3.53. The summed E-state index contributed by atoms with van der Waals surface area (Å²) in [6.07, 6.45) is 2.25. The van der Waals surface area contributed by atoms with Crippen LogP contribution in [-0.4, -0.2) is 39.6 Å². The number of carbonyl (C=O) groups excluding carboxylic acids is 1. The molecule has 1 N–H and O–H groups in total. The Hall–Kier alpha value is -1.49. The largest absolute Gasteiger partial charge is 0.342 e. The molecule has 0 atom stereocenters. The van der Waals surface area contributed by atoms with E-state index in [4.69, 9.17) is 0 Å². The number of hydrogen-bond donors (Lipinski definition) is 1. The van der Waals surface area contributed by atoms with E-state index in [2.05, 4.69) is 42.9 Å². The molecule has 0 saturated carbocycles. The van der Waals surface area contributed by atoms with Crippen LogP contribution in [0.25, 0.3) is 11.0 Å². The molecule has 1 aliphatic heterocycles. The van der Waals surface area contributed by atoms with Crippen LogP contribution < -0.4 is 0 Å². The number of amides is 1. The molecule has 0 unspecified atom stereocenters. The summed E-state index contributed by atoms with van der Waals surface area (Å²) in [4.78, 5) is 22.1. The van der Waals surface area contributed by atoms with Crippen molar-refractivity contribution in [3.05, 3.63) is 23.3 Å². The molecule has 0 aliphatic carbocycles. The fourth-order valence-electron chi connectivity index (χ4n) is 2.79. The zero-order valence-electron chi connectivity index (χ0n) is 13.5. The van der Waals surface area contributed by atoms with Crippen molar-refractivity contribution >= 4 is 28.7 Å². The van der Waals surface area contributed by atoms with E-state index in [1.165, 1.54) is 22.9 Å². The van der Waals surface area contributed by atoms with E-state index >= 15 is 0 Å². The number of H-pyrrole nitrogens is 1. The highest BCUT2D eigenvalue weighted by Crippen LogP contribution is 2.23. The first-order valence-electron chi connectivity index (χ1n) is 7.90. The first kappa shape index (κ1) is 15.4. The first-order chi connectivity index (χ1) is 10.5. The number of benzene rings is 1. The fourth-order valence-corrected chi connectivity index (χ4v) is 3.58. The number of nitrogens with zero attached hydrogens (tertiary/aromatic N) is 2. The third-order valence-corrected chi connectivity index (χ3v) is 5.40. The van der Waals surface area contributed by atoms with Gasteiger partial charge in [0, 0.05) is 13.1 Å². The third kappa shape index (κ3) is 3.29. The smallest absolute Gasteiger partial charge is 0.233 e. The lowest BCUT2D eigenvalue weighted by Crippen LogP contribution is -2.38. The molecule has 22 heavy (non-hydrogen) atoms. The van der Waals surface area contributed by atoms with Crippen LogP contribution in [0, 0.1) is 19.8 Å². The van der Waals surface area contributed by atoms with Gasteiger partial charge in [-0.3, -0.25) is 4.79 Å². The molecule has 1 aromatic heterocycles. The Morgan fingerprint density at radius 2 is 2.00 bits per heavy atom. The lowest BCUT2D eigenvalue weighted by molar-refractivity contribution is -0.129. The Balaban J connectivity index is 1.62. The molecular formula is C17H23N3OS. The van der Waals surface area contributed by atoms with Crippen molar-refractivity contribution in [2.45, 2.75) is 38.8 Å². The van der Waals surface area contributed by atoms with Gasteiger partial charge in [-0.1, -0.05) is 18.7 Å². The Morgan fingerprint density at radius 3 is 2.73 bits per heavy atom. The molecule has 0 radical (unpaired) electrons. The number of piperidine rings is 1. The van der Waals surface area contributed by atoms with Crippen molar-refractivity contribution in [1.82, 2.24) is 14.9 Å². The molecule has 2 heterocycles. The van der Waals surface area contributed by atoms with Crippen molar-refractivity contribution < 1.29 is 4.79 Å². The van der Waals surface area contributed by atoms with Crippen LogP contribution in [0.1, 0.15) is 30.9 Å². The second-order valence-electron chi connectivity index (χ2n) is 6.35. The van der Waals surface area contributed by atoms with Gasteiger partial charge < -0.3 is 9.88 Å². The number of aromatic amines is 1. The third-order valence-electron chi connectivity index (χ3n) is 4.54. The lowest BCUT2D eigenvalue weighted by atomic mass is 9.99. The molecule has 1 fully saturated rings. The highest BCUT2D eigenvalue weighted by molar-refractivity contribution is 7.99. The van der Waals surface area contributed by atoms with Gasteiger partial charge in [-0.25, -0.2) is 4.98 Å². The van der Waals surface area contributed by atoms with Crippen LogP contribution in [0.5, 0.6) is 0 Å². The number of nitrogens with one attached hydrogen (secondary N) is 1. The minimum Gasteiger partial charge on any atom is -0.342 e. The Kier molecular flexibility index (Phi) is 4.43. The second kappa shape index (κ2) is 6.32. The van der Waals surface area contributed by atoms with Crippen LogP contribution in [0.15, 0.2) is 17.3 Å². The van der Waals surface area contributed by atoms with Gasteiger partial charge in [-0.2, -0.15) is 0 Å². The van der Waals surface area contributed by atoms with Crippen LogP contribution in [0.2, 0.25) is 0 Å². The highest BCUT2D eigenvalue weighted by Gasteiger charge is 2.20. The number of aromatic nitrogens is 2. The minimum atomic E-state index is 0.227. The number of aryl methyl sites for hydroxylation is 2. The van der Waals surface area contributed by atoms with Crippen LogP contribution >= 0.6 is 11.8 Å². The molecule has 1 saturated heterocycles. The summed E-state index contributed by atoms with van der Waals surface area (Å²) >= 11 is 1.50.